The average Bonchev–Trinajstić information content (AvgIpc) is 3.43. The van der Waals surface area contributed by atoms with Crippen molar-refractivity contribution in [3.63, 3.8) is 0 Å². The molecular weight excluding hydrogens is 434 g/mol. The molecule has 1 aliphatic rings. The molecule has 4 rings (SSSR count). The van der Waals surface area contributed by atoms with Crippen LogP contribution in [0.5, 0.6) is 0 Å². The molecule has 0 atom stereocenters. The smallest absolute Gasteiger partial charge is 0.254 e. The molecule has 31 heavy (non-hydrogen) atoms. The van der Waals surface area contributed by atoms with Gasteiger partial charge in [0, 0.05) is 37.9 Å². The van der Waals surface area contributed by atoms with Gasteiger partial charge in [0.1, 0.15) is 4.21 Å². The van der Waals surface area contributed by atoms with E-state index in [1.54, 1.807) is 28.6 Å². The number of hydrogen-bond donors (Lipinski definition) is 0. The lowest BCUT2D eigenvalue weighted by atomic mass is 10.0. The Balaban J connectivity index is 1.61. The first-order valence-electron chi connectivity index (χ1n) is 10.4. The van der Waals surface area contributed by atoms with Crippen molar-refractivity contribution in [2.24, 2.45) is 0 Å². The normalized spacial score (nSPS) is 16.0. The van der Waals surface area contributed by atoms with Gasteiger partial charge in [0.05, 0.1) is 17.1 Å². The number of rotatable bonds is 5. The highest BCUT2D eigenvalue weighted by Crippen LogP contribution is 2.27. The molecule has 0 unspecified atom stereocenters. The first-order chi connectivity index (χ1) is 14.7. The molecule has 166 valence electrons. The minimum absolute atomic E-state index is 0.106. The SMILES string of the molecule is CC(C)c1cc(C(=O)N2CCN(S(=O)(=O)c3cccs3)CC2)c2cnn(C(C)C)c2n1. The fraction of sp³-hybridized carbons (Fsp3) is 0.476. The largest absolute Gasteiger partial charge is 0.336 e. The lowest BCUT2D eigenvalue weighted by Gasteiger charge is -2.34. The zero-order chi connectivity index (χ0) is 22.3. The summed E-state index contributed by atoms with van der Waals surface area (Å²) < 4.78 is 29.2. The van der Waals surface area contributed by atoms with Gasteiger partial charge in [0.15, 0.2) is 5.65 Å². The lowest BCUT2D eigenvalue weighted by molar-refractivity contribution is 0.0699. The van der Waals surface area contributed by atoms with Crippen LogP contribution in [-0.2, 0) is 10.0 Å². The Morgan fingerprint density at radius 3 is 2.42 bits per heavy atom. The van der Waals surface area contributed by atoms with Crippen molar-refractivity contribution in [3.05, 3.63) is 41.0 Å². The summed E-state index contributed by atoms with van der Waals surface area (Å²) in [5.74, 6) is 0.0602. The molecule has 0 aromatic carbocycles. The molecule has 1 amide bonds. The van der Waals surface area contributed by atoms with Crippen LogP contribution >= 0.6 is 11.3 Å². The molecule has 0 radical (unpaired) electrons. The van der Waals surface area contributed by atoms with E-state index in [4.69, 9.17) is 4.98 Å². The van der Waals surface area contributed by atoms with Gasteiger partial charge in [-0.3, -0.25) is 4.79 Å². The second-order valence-electron chi connectivity index (χ2n) is 8.30. The van der Waals surface area contributed by atoms with Crippen LogP contribution in [0.2, 0.25) is 0 Å². The van der Waals surface area contributed by atoms with Gasteiger partial charge < -0.3 is 4.90 Å². The maximum Gasteiger partial charge on any atom is 0.254 e. The second-order valence-corrected chi connectivity index (χ2v) is 11.4. The van der Waals surface area contributed by atoms with Crippen molar-refractivity contribution in [2.45, 2.75) is 43.9 Å². The van der Waals surface area contributed by atoms with Gasteiger partial charge in [0.25, 0.3) is 15.9 Å². The zero-order valence-corrected chi connectivity index (χ0v) is 19.8. The molecule has 4 heterocycles. The third kappa shape index (κ3) is 3.99. The van der Waals surface area contributed by atoms with Crippen LogP contribution in [0.15, 0.2) is 34.0 Å². The number of nitrogens with zero attached hydrogens (tertiary/aromatic N) is 5. The summed E-state index contributed by atoms with van der Waals surface area (Å²) in [6.07, 6.45) is 1.71. The first-order valence-corrected chi connectivity index (χ1v) is 12.7. The number of aromatic nitrogens is 3. The predicted octanol–water partition coefficient (Wildman–Crippen LogP) is 3.34. The number of thiophene rings is 1. The van der Waals surface area contributed by atoms with Crippen LogP contribution in [0.25, 0.3) is 11.0 Å². The Morgan fingerprint density at radius 1 is 1.13 bits per heavy atom. The van der Waals surface area contributed by atoms with Crippen LogP contribution in [0.1, 0.15) is 55.7 Å². The van der Waals surface area contributed by atoms with Crippen LogP contribution in [0.3, 0.4) is 0 Å². The summed E-state index contributed by atoms with van der Waals surface area (Å²) >= 11 is 1.21. The molecule has 10 heteroatoms. The van der Waals surface area contributed by atoms with Gasteiger partial charge in [-0.25, -0.2) is 18.1 Å². The molecule has 1 fully saturated rings. The van der Waals surface area contributed by atoms with Crippen molar-refractivity contribution >= 4 is 38.3 Å². The number of piperazine rings is 1. The standard InChI is InChI=1S/C21H27N5O3S2/c1-14(2)18-12-16(17-13-22-26(15(3)4)20(17)23-18)21(27)24-7-9-25(10-8-24)31(28,29)19-6-5-11-30-19/h5-6,11-15H,7-10H2,1-4H3. The van der Waals surface area contributed by atoms with Gasteiger partial charge >= 0.3 is 0 Å². The minimum atomic E-state index is -3.50. The molecule has 0 saturated carbocycles. The highest BCUT2D eigenvalue weighted by atomic mass is 32.2. The summed E-state index contributed by atoms with van der Waals surface area (Å²) in [5.41, 5.74) is 2.13. The topological polar surface area (TPSA) is 88.4 Å². The Labute approximate surface area is 186 Å². The van der Waals surface area contributed by atoms with Gasteiger partial charge in [0.2, 0.25) is 0 Å². The zero-order valence-electron chi connectivity index (χ0n) is 18.1. The molecule has 1 aliphatic heterocycles. The van der Waals surface area contributed by atoms with Crippen LogP contribution in [-0.4, -0.2) is 64.5 Å². The number of pyridine rings is 1. The Kier molecular flexibility index (Phi) is 5.89. The van der Waals surface area contributed by atoms with Crippen LogP contribution in [0, 0.1) is 0 Å². The van der Waals surface area contributed by atoms with Crippen LogP contribution < -0.4 is 0 Å². The highest BCUT2D eigenvalue weighted by Gasteiger charge is 2.32. The average molecular weight is 462 g/mol. The van der Waals surface area contributed by atoms with E-state index in [0.717, 1.165) is 11.1 Å². The monoisotopic (exact) mass is 461 g/mol. The number of fused-ring (bicyclic) bond motifs is 1. The molecule has 0 spiro atoms. The van der Waals surface area contributed by atoms with Gasteiger partial charge in [-0.2, -0.15) is 9.40 Å². The molecule has 3 aromatic rings. The summed E-state index contributed by atoms with van der Waals surface area (Å²) in [6.45, 7) is 9.42. The Hall–Kier alpha value is -2.30. The third-order valence-corrected chi connectivity index (χ3v) is 8.78. The van der Waals surface area contributed by atoms with Gasteiger partial charge in [-0.15, -0.1) is 11.3 Å². The molecule has 0 N–H and O–H groups in total. The summed E-state index contributed by atoms with van der Waals surface area (Å²) in [4.78, 5) is 19.9. The van der Waals surface area contributed by atoms with E-state index in [1.807, 2.05) is 38.4 Å². The number of carbonyl (C=O) groups excluding carboxylic acids is 1. The molecule has 0 aliphatic carbocycles. The van der Waals surface area contributed by atoms with E-state index in [-0.39, 0.29) is 31.0 Å². The van der Waals surface area contributed by atoms with E-state index >= 15 is 0 Å². The van der Waals surface area contributed by atoms with E-state index < -0.39 is 10.0 Å². The number of carbonyl (C=O) groups is 1. The van der Waals surface area contributed by atoms with Crippen molar-refractivity contribution in [1.82, 2.24) is 24.0 Å². The van der Waals surface area contributed by atoms with E-state index in [9.17, 15) is 13.2 Å². The van der Waals surface area contributed by atoms with Crippen molar-refractivity contribution in [2.75, 3.05) is 26.2 Å². The van der Waals surface area contributed by atoms with Gasteiger partial charge in [-0.05, 0) is 37.3 Å². The van der Waals surface area contributed by atoms with E-state index in [2.05, 4.69) is 5.10 Å². The predicted molar refractivity (Wildman–Crippen MR) is 121 cm³/mol. The highest BCUT2D eigenvalue weighted by molar-refractivity contribution is 7.91. The fourth-order valence-electron chi connectivity index (χ4n) is 3.73. The molecular formula is C21H27N5O3S2. The number of amides is 1. The maximum atomic E-state index is 13.4. The summed E-state index contributed by atoms with van der Waals surface area (Å²) in [7, 11) is -3.50. The van der Waals surface area contributed by atoms with E-state index in [1.165, 1.54) is 15.6 Å². The lowest BCUT2D eigenvalue weighted by Crippen LogP contribution is -2.50. The second kappa shape index (κ2) is 8.33. The fourth-order valence-corrected chi connectivity index (χ4v) is 6.29. The molecule has 3 aromatic heterocycles. The third-order valence-electron chi connectivity index (χ3n) is 5.51. The quantitative estimate of drug-likeness (QED) is 0.581. The molecule has 8 nitrogen and oxygen atoms in total. The molecule has 1 saturated heterocycles. The Morgan fingerprint density at radius 2 is 1.84 bits per heavy atom. The van der Waals surface area contributed by atoms with Crippen molar-refractivity contribution in [1.29, 1.82) is 0 Å². The summed E-state index contributed by atoms with van der Waals surface area (Å²) in [5, 5.41) is 6.94. The van der Waals surface area contributed by atoms with Gasteiger partial charge in [-0.1, -0.05) is 19.9 Å². The molecule has 0 bridgehead atoms. The summed E-state index contributed by atoms with van der Waals surface area (Å²) in [6, 6.07) is 5.33. The van der Waals surface area contributed by atoms with Crippen molar-refractivity contribution < 1.29 is 13.2 Å². The Bertz CT molecular complexity index is 1190. The number of sulfonamides is 1. The number of hydrogen-bond acceptors (Lipinski definition) is 6. The van der Waals surface area contributed by atoms with E-state index in [0.29, 0.717) is 28.5 Å². The first kappa shape index (κ1) is 21.9. The minimum Gasteiger partial charge on any atom is -0.336 e. The van der Waals surface area contributed by atoms with Crippen LogP contribution in [0.4, 0.5) is 0 Å². The maximum absolute atomic E-state index is 13.4. The van der Waals surface area contributed by atoms with Crippen molar-refractivity contribution in [3.8, 4) is 0 Å².